The fraction of sp³-hybridized carbons (Fsp3) is 1.00. The molecule has 1 N–H and O–H groups in total. The molecule has 0 amide bonds. The maximum absolute atomic E-state index is 6.11. The highest BCUT2D eigenvalue weighted by Crippen LogP contribution is 2.23. The topological polar surface area (TPSA) is 12.0 Å². The summed E-state index contributed by atoms with van der Waals surface area (Å²) in [5.74, 6) is 0.883. The molecule has 0 aromatic heterocycles. The fourth-order valence-corrected chi connectivity index (χ4v) is 2.79. The van der Waals surface area contributed by atoms with Crippen LogP contribution in [-0.4, -0.2) is 18.0 Å². The lowest BCUT2D eigenvalue weighted by Crippen LogP contribution is -2.36. The van der Waals surface area contributed by atoms with Crippen LogP contribution in [0.3, 0.4) is 0 Å². The van der Waals surface area contributed by atoms with Crippen LogP contribution in [0.15, 0.2) is 0 Å². The molecule has 0 aromatic carbocycles. The summed E-state index contributed by atoms with van der Waals surface area (Å²) >= 11 is 6.11. The molecule has 1 saturated carbocycles. The van der Waals surface area contributed by atoms with Gasteiger partial charge < -0.3 is 5.32 Å². The average molecular weight is 246 g/mol. The number of rotatable bonds is 7. The van der Waals surface area contributed by atoms with Crippen molar-refractivity contribution >= 4 is 11.6 Å². The Bertz CT molecular complexity index is 159. The molecule has 0 bridgehead atoms. The molecule has 16 heavy (non-hydrogen) atoms. The predicted molar refractivity (Wildman–Crippen MR) is 73.2 cm³/mol. The molecule has 1 unspecified atom stereocenters. The third kappa shape index (κ3) is 5.54. The highest BCUT2D eigenvalue weighted by molar-refractivity contribution is 6.20. The maximum Gasteiger partial charge on any atom is 0.0337 e. The third-order valence-electron chi connectivity index (χ3n) is 3.90. The number of alkyl halides is 1. The van der Waals surface area contributed by atoms with Gasteiger partial charge in [-0.2, -0.15) is 0 Å². The zero-order valence-electron chi connectivity index (χ0n) is 11.0. The van der Waals surface area contributed by atoms with Crippen LogP contribution in [0.1, 0.15) is 65.2 Å². The van der Waals surface area contributed by atoms with Gasteiger partial charge in [-0.1, -0.05) is 33.1 Å². The molecule has 0 aliphatic heterocycles. The van der Waals surface area contributed by atoms with E-state index in [0.717, 1.165) is 12.0 Å². The first kappa shape index (κ1) is 14.3. The van der Waals surface area contributed by atoms with Crippen LogP contribution < -0.4 is 5.32 Å². The van der Waals surface area contributed by atoms with Crippen molar-refractivity contribution in [3.05, 3.63) is 0 Å². The minimum Gasteiger partial charge on any atom is -0.314 e. The molecule has 1 aliphatic carbocycles. The molecule has 0 radical (unpaired) electrons. The zero-order valence-corrected chi connectivity index (χ0v) is 11.7. The van der Waals surface area contributed by atoms with Crippen LogP contribution in [-0.2, 0) is 0 Å². The Hall–Kier alpha value is 0.250. The number of nitrogens with one attached hydrogen (secondary N) is 1. The molecule has 0 aromatic rings. The van der Waals surface area contributed by atoms with Gasteiger partial charge >= 0.3 is 0 Å². The first-order valence-electron chi connectivity index (χ1n) is 7.13. The summed E-state index contributed by atoms with van der Waals surface area (Å²) < 4.78 is 0. The minimum atomic E-state index is 0.445. The molecule has 96 valence electrons. The highest BCUT2D eigenvalue weighted by atomic mass is 35.5. The van der Waals surface area contributed by atoms with E-state index in [9.17, 15) is 0 Å². The van der Waals surface area contributed by atoms with Crippen LogP contribution in [0.25, 0.3) is 0 Å². The predicted octanol–water partition coefficient (Wildman–Crippen LogP) is 4.34. The van der Waals surface area contributed by atoms with Gasteiger partial charge in [0.25, 0.3) is 0 Å². The normalized spacial score (nSPS) is 27.9. The number of hydrogen-bond donors (Lipinski definition) is 1. The summed E-state index contributed by atoms with van der Waals surface area (Å²) in [7, 11) is 0. The Morgan fingerprint density at radius 3 is 2.44 bits per heavy atom. The first-order chi connectivity index (χ1) is 7.76. The third-order valence-corrected chi connectivity index (χ3v) is 4.33. The van der Waals surface area contributed by atoms with Crippen LogP contribution >= 0.6 is 11.6 Å². The summed E-state index contributed by atoms with van der Waals surface area (Å²) in [4.78, 5) is 0. The van der Waals surface area contributed by atoms with Gasteiger partial charge in [-0.15, -0.1) is 11.6 Å². The molecule has 0 saturated heterocycles. The van der Waals surface area contributed by atoms with E-state index in [1.165, 1.54) is 57.9 Å². The summed E-state index contributed by atoms with van der Waals surface area (Å²) in [5, 5.41) is 4.19. The van der Waals surface area contributed by atoms with Gasteiger partial charge in [0.1, 0.15) is 0 Å². The van der Waals surface area contributed by atoms with Crippen molar-refractivity contribution < 1.29 is 0 Å². The number of hydrogen-bond acceptors (Lipinski definition) is 1. The van der Waals surface area contributed by atoms with Gasteiger partial charge in [-0.25, -0.2) is 0 Å². The molecule has 1 rings (SSSR count). The lowest BCUT2D eigenvalue weighted by Gasteiger charge is -2.27. The van der Waals surface area contributed by atoms with Crippen molar-refractivity contribution in [2.45, 2.75) is 76.6 Å². The van der Waals surface area contributed by atoms with E-state index in [-0.39, 0.29) is 0 Å². The van der Waals surface area contributed by atoms with E-state index < -0.39 is 0 Å². The molecule has 1 nitrogen and oxygen atoms in total. The van der Waals surface area contributed by atoms with Crippen molar-refractivity contribution in [3.63, 3.8) is 0 Å². The van der Waals surface area contributed by atoms with Crippen LogP contribution in [0.5, 0.6) is 0 Å². The summed E-state index contributed by atoms with van der Waals surface area (Å²) in [6.07, 6.45) is 10.4. The minimum absolute atomic E-state index is 0.445. The molecule has 1 fully saturated rings. The van der Waals surface area contributed by atoms with Crippen molar-refractivity contribution in [1.82, 2.24) is 5.32 Å². The van der Waals surface area contributed by atoms with E-state index in [2.05, 4.69) is 19.2 Å². The lowest BCUT2D eigenvalue weighted by atomic mass is 9.93. The van der Waals surface area contributed by atoms with Gasteiger partial charge in [-0.05, 0) is 44.6 Å². The SMILES string of the molecule is CCCCC(CC)CNC1CCC(Cl)CC1. The van der Waals surface area contributed by atoms with Gasteiger partial charge in [0, 0.05) is 11.4 Å². The molecule has 1 atom stereocenters. The quantitative estimate of drug-likeness (QED) is 0.658. The second-order valence-electron chi connectivity index (χ2n) is 5.27. The summed E-state index contributed by atoms with van der Waals surface area (Å²) in [6, 6.07) is 0.741. The van der Waals surface area contributed by atoms with Gasteiger partial charge in [-0.3, -0.25) is 0 Å². The molecule has 1 aliphatic rings. The van der Waals surface area contributed by atoms with Gasteiger partial charge in [0.15, 0.2) is 0 Å². The summed E-state index contributed by atoms with van der Waals surface area (Å²) in [5.41, 5.74) is 0. The first-order valence-corrected chi connectivity index (χ1v) is 7.57. The second kappa shape index (κ2) is 8.36. The van der Waals surface area contributed by atoms with Gasteiger partial charge in [0.2, 0.25) is 0 Å². The van der Waals surface area contributed by atoms with E-state index in [1.807, 2.05) is 0 Å². The molecule has 2 heteroatoms. The Balaban J connectivity index is 2.11. The Morgan fingerprint density at radius 2 is 1.88 bits per heavy atom. The second-order valence-corrected chi connectivity index (χ2v) is 5.89. The summed E-state index contributed by atoms with van der Waals surface area (Å²) in [6.45, 7) is 5.81. The van der Waals surface area contributed by atoms with Crippen molar-refractivity contribution in [2.24, 2.45) is 5.92 Å². The Kier molecular flexibility index (Phi) is 7.47. The average Bonchev–Trinajstić information content (AvgIpc) is 2.32. The van der Waals surface area contributed by atoms with Crippen molar-refractivity contribution in [3.8, 4) is 0 Å². The zero-order chi connectivity index (χ0) is 11.8. The van der Waals surface area contributed by atoms with E-state index in [0.29, 0.717) is 5.38 Å². The largest absolute Gasteiger partial charge is 0.314 e. The lowest BCUT2D eigenvalue weighted by molar-refractivity contribution is 0.334. The molecular formula is C14H28ClN. The smallest absolute Gasteiger partial charge is 0.0337 e. The van der Waals surface area contributed by atoms with E-state index in [1.54, 1.807) is 0 Å². The molecular weight excluding hydrogens is 218 g/mol. The fourth-order valence-electron chi connectivity index (χ4n) is 2.53. The number of halogens is 1. The Labute approximate surface area is 106 Å². The van der Waals surface area contributed by atoms with Crippen molar-refractivity contribution in [1.29, 1.82) is 0 Å². The van der Waals surface area contributed by atoms with Gasteiger partial charge in [0.05, 0.1) is 0 Å². The van der Waals surface area contributed by atoms with E-state index >= 15 is 0 Å². The van der Waals surface area contributed by atoms with Crippen LogP contribution in [0.4, 0.5) is 0 Å². The number of unbranched alkanes of at least 4 members (excludes halogenated alkanes) is 1. The highest BCUT2D eigenvalue weighted by Gasteiger charge is 2.19. The Morgan fingerprint density at radius 1 is 1.19 bits per heavy atom. The van der Waals surface area contributed by atoms with Crippen molar-refractivity contribution in [2.75, 3.05) is 6.54 Å². The molecule has 0 spiro atoms. The van der Waals surface area contributed by atoms with Crippen LogP contribution in [0, 0.1) is 5.92 Å². The molecule has 0 heterocycles. The maximum atomic E-state index is 6.11. The monoisotopic (exact) mass is 245 g/mol. The van der Waals surface area contributed by atoms with E-state index in [4.69, 9.17) is 11.6 Å². The van der Waals surface area contributed by atoms with Crippen LogP contribution in [0.2, 0.25) is 0 Å². The standard InChI is InChI=1S/C14H28ClN/c1-3-5-6-12(4-2)11-16-14-9-7-13(15)8-10-14/h12-14,16H,3-11H2,1-2H3.